The van der Waals surface area contributed by atoms with E-state index in [1.54, 1.807) is 23.8 Å². The van der Waals surface area contributed by atoms with Crippen molar-refractivity contribution in [1.29, 1.82) is 0 Å². The number of benzene rings is 2. The Labute approximate surface area is 184 Å². The Balaban J connectivity index is 2.04. The fourth-order valence-electron chi connectivity index (χ4n) is 3.21. The van der Waals surface area contributed by atoms with Crippen LogP contribution in [0.4, 0.5) is 0 Å². The Morgan fingerprint density at radius 3 is 2.33 bits per heavy atom. The number of nitrogens with one attached hydrogen (secondary N) is 1. The minimum atomic E-state index is -0.473. The fraction of sp³-hybridized carbons (Fsp3) is 0.417. The van der Waals surface area contributed by atoms with E-state index in [1.165, 1.54) is 5.56 Å². The van der Waals surface area contributed by atoms with E-state index < -0.39 is 6.04 Å². The van der Waals surface area contributed by atoms with E-state index in [4.69, 9.17) is 4.74 Å². The lowest BCUT2D eigenvalue weighted by Gasteiger charge is -2.30. The van der Waals surface area contributed by atoms with Crippen molar-refractivity contribution in [2.24, 2.45) is 0 Å². The van der Waals surface area contributed by atoms with Crippen LogP contribution in [0.25, 0.3) is 0 Å². The summed E-state index contributed by atoms with van der Waals surface area (Å²) < 4.78 is 5.21. The number of thioether (sulfide) groups is 1. The average molecular weight is 429 g/mol. The van der Waals surface area contributed by atoms with Gasteiger partial charge < -0.3 is 15.0 Å². The molecule has 5 nitrogen and oxygen atoms in total. The molecule has 1 atom stereocenters. The van der Waals surface area contributed by atoms with Gasteiger partial charge in [-0.05, 0) is 36.6 Å². The van der Waals surface area contributed by atoms with Gasteiger partial charge in [0.2, 0.25) is 11.8 Å². The van der Waals surface area contributed by atoms with E-state index in [-0.39, 0.29) is 11.8 Å². The lowest BCUT2D eigenvalue weighted by atomic mass is 10.1. The van der Waals surface area contributed by atoms with Gasteiger partial charge in [0.15, 0.2) is 0 Å². The van der Waals surface area contributed by atoms with Crippen molar-refractivity contribution < 1.29 is 14.3 Å². The minimum Gasteiger partial charge on any atom is -0.497 e. The highest BCUT2D eigenvalue weighted by atomic mass is 32.2. The highest BCUT2D eigenvalue weighted by molar-refractivity contribution is 7.98. The maximum atomic E-state index is 13.1. The number of likely N-dealkylation sites (N-methyl/N-ethyl adjacent to an activating group) is 1. The molecular weight excluding hydrogens is 396 g/mol. The molecule has 0 spiro atoms. The summed E-state index contributed by atoms with van der Waals surface area (Å²) in [6, 6.07) is 17.4. The van der Waals surface area contributed by atoms with Gasteiger partial charge in [-0.15, -0.1) is 0 Å². The molecule has 0 aliphatic heterocycles. The van der Waals surface area contributed by atoms with Crippen molar-refractivity contribution in [2.45, 2.75) is 45.0 Å². The summed E-state index contributed by atoms with van der Waals surface area (Å²) in [5.74, 6) is 2.27. The number of ether oxygens (including phenoxy) is 1. The number of methoxy groups -OCH3 is 1. The smallest absolute Gasteiger partial charge is 0.242 e. The summed E-state index contributed by atoms with van der Waals surface area (Å²) in [7, 11) is 1.63. The molecular formula is C24H32N2O3S. The number of hydrogen-bond acceptors (Lipinski definition) is 4. The first kappa shape index (κ1) is 23.8. The van der Waals surface area contributed by atoms with Crippen molar-refractivity contribution in [3.8, 4) is 5.75 Å². The third kappa shape index (κ3) is 7.41. The Morgan fingerprint density at radius 2 is 1.73 bits per heavy atom. The molecule has 0 unspecified atom stereocenters. The molecule has 6 heteroatoms. The van der Waals surface area contributed by atoms with Crippen LogP contribution in [-0.2, 0) is 21.9 Å². The van der Waals surface area contributed by atoms with E-state index in [0.717, 1.165) is 22.8 Å². The maximum absolute atomic E-state index is 13.1. The summed E-state index contributed by atoms with van der Waals surface area (Å²) in [5.41, 5.74) is 2.22. The van der Waals surface area contributed by atoms with Crippen molar-refractivity contribution >= 4 is 23.6 Å². The Morgan fingerprint density at radius 1 is 1.03 bits per heavy atom. The van der Waals surface area contributed by atoms with Crippen molar-refractivity contribution in [2.75, 3.05) is 19.4 Å². The molecule has 2 amide bonds. The average Bonchev–Trinajstić information content (AvgIpc) is 2.77. The Bertz CT molecular complexity index is 781. The summed E-state index contributed by atoms with van der Waals surface area (Å²) in [6.07, 6.45) is 0.981. The zero-order valence-electron chi connectivity index (χ0n) is 18.1. The second-order valence-electron chi connectivity index (χ2n) is 6.98. The van der Waals surface area contributed by atoms with E-state index in [9.17, 15) is 9.59 Å². The molecule has 0 fully saturated rings. The first-order valence-corrected chi connectivity index (χ1v) is 11.6. The third-order valence-corrected chi connectivity index (χ3v) is 5.85. The zero-order chi connectivity index (χ0) is 21.8. The van der Waals surface area contributed by atoms with Gasteiger partial charge in [-0.1, -0.05) is 49.4 Å². The molecule has 2 aromatic rings. The summed E-state index contributed by atoms with van der Waals surface area (Å²) in [4.78, 5) is 27.4. The number of carbonyl (C=O) groups excluding carboxylic acids is 2. The van der Waals surface area contributed by atoms with Crippen LogP contribution in [0.1, 0.15) is 37.8 Å². The van der Waals surface area contributed by atoms with Gasteiger partial charge in [0.25, 0.3) is 0 Å². The highest BCUT2D eigenvalue weighted by Gasteiger charge is 2.28. The predicted octanol–water partition coefficient (Wildman–Crippen LogP) is 4.26. The standard InChI is InChI=1S/C24H32N2O3S/c1-4-22(24(28)25-5-2)26(17-19-11-13-21(29-3)14-12-19)23(27)15-16-30-18-20-9-7-6-8-10-20/h6-14,22H,4-5,15-18H2,1-3H3,(H,25,28)/t22-/m0/s1. The fourth-order valence-corrected chi connectivity index (χ4v) is 4.10. The number of amides is 2. The third-order valence-electron chi connectivity index (χ3n) is 4.82. The SMILES string of the molecule is CCNC(=O)[C@H](CC)N(Cc1ccc(OC)cc1)C(=O)CCSCc1ccccc1. The number of hydrogen-bond donors (Lipinski definition) is 1. The largest absolute Gasteiger partial charge is 0.497 e. The zero-order valence-corrected chi connectivity index (χ0v) is 18.9. The minimum absolute atomic E-state index is 0.00415. The molecule has 0 saturated carbocycles. The van der Waals surface area contributed by atoms with Gasteiger partial charge >= 0.3 is 0 Å². The normalized spacial score (nSPS) is 11.6. The molecule has 0 bridgehead atoms. The number of rotatable bonds is 12. The van der Waals surface area contributed by atoms with Crippen LogP contribution in [0, 0.1) is 0 Å². The quantitative estimate of drug-likeness (QED) is 0.513. The van der Waals surface area contributed by atoms with Gasteiger partial charge in [-0.25, -0.2) is 0 Å². The molecule has 162 valence electrons. The topological polar surface area (TPSA) is 58.6 Å². The lowest BCUT2D eigenvalue weighted by Crippen LogP contribution is -2.49. The molecule has 1 N–H and O–H groups in total. The molecule has 30 heavy (non-hydrogen) atoms. The highest BCUT2D eigenvalue weighted by Crippen LogP contribution is 2.19. The van der Waals surface area contributed by atoms with Crippen LogP contribution in [-0.4, -0.2) is 42.2 Å². The first-order valence-electron chi connectivity index (χ1n) is 10.4. The second kappa shape index (κ2) is 13.0. The molecule has 0 saturated heterocycles. The maximum Gasteiger partial charge on any atom is 0.242 e. The van der Waals surface area contributed by atoms with Gasteiger partial charge in [0, 0.05) is 31.0 Å². The first-order chi connectivity index (χ1) is 14.6. The molecule has 0 heterocycles. The van der Waals surface area contributed by atoms with Gasteiger partial charge in [0.05, 0.1) is 7.11 Å². The molecule has 0 radical (unpaired) electrons. The monoisotopic (exact) mass is 428 g/mol. The molecule has 0 aromatic heterocycles. The summed E-state index contributed by atoms with van der Waals surface area (Å²) in [6.45, 7) is 4.79. The number of nitrogens with zero attached hydrogens (tertiary/aromatic N) is 1. The van der Waals surface area contributed by atoms with E-state index in [1.807, 2.05) is 56.3 Å². The van der Waals surface area contributed by atoms with Crippen LogP contribution in [0.15, 0.2) is 54.6 Å². The van der Waals surface area contributed by atoms with E-state index in [0.29, 0.717) is 25.9 Å². The van der Waals surface area contributed by atoms with Crippen LogP contribution >= 0.6 is 11.8 Å². The number of carbonyl (C=O) groups is 2. The Hall–Kier alpha value is -2.47. The van der Waals surface area contributed by atoms with Crippen molar-refractivity contribution in [3.63, 3.8) is 0 Å². The van der Waals surface area contributed by atoms with Gasteiger partial charge in [-0.3, -0.25) is 9.59 Å². The van der Waals surface area contributed by atoms with E-state index >= 15 is 0 Å². The summed E-state index contributed by atoms with van der Waals surface area (Å²) in [5, 5.41) is 2.87. The lowest BCUT2D eigenvalue weighted by molar-refractivity contribution is -0.141. The predicted molar refractivity (Wildman–Crippen MR) is 124 cm³/mol. The summed E-state index contributed by atoms with van der Waals surface area (Å²) >= 11 is 1.74. The van der Waals surface area contributed by atoms with Crippen molar-refractivity contribution in [1.82, 2.24) is 10.2 Å². The Kier molecular flexibility index (Phi) is 10.3. The van der Waals surface area contributed by atoms with Gasteiger partial charge in [0.1, 0.15) is 11.8 Å². The van der Waals surface area contributed by atoms with Crippen LogP contribution in [0.5, 0.6) is 5.75 Å². The van der Waals surface area contributed by atoms with E-state index in [2.05, 4.69) is 17.4 Å². The molecule has 2 aromatic carbocycles. The van der Waals surface area contributed by atoms with Crippen LogP contribution in [0.2, 0.25) is 0 Å². The van der Waals surface area contributed by atoms with Gasteiger partial charge in [-0.2, -0.15) is 11.8 Å². The van der Waals surface area contributed by atoms with Crippen molar-refractivity contribution in [3.05, 3.63) is 65.7 Å². The van der Waals surface area contributed by atoms with Crippen LogP contribution in [0.3, 0.4) is 0 Å². The molecule has 0 aliphatic carbocycles. The van der Waals surface area contributed by atoms with Crippen LogP contribution < -0.4 is 10.1 Å². The molecule has 0 aliphatic rings. The second-order valence-corrected chi connectivity index (χ2v) is 8.08. The molecule has 2 rings (SSSR count).